The van der Waals surface area contributed by atoms with E-state index in [1.54, 1.807) is 0 Å². The van der Waals surface area contributed by atoms with Gasteiger partial charge < -0.3 is 10.4 Å². The van der Waals surface area contributed by atoms with Gasteiger partial charge in [0.15, 0.2) is 0 Å². The van der Waals surface area contributed by atoms with Gasteiger partial charge in [-0.1, -0.05) is 0 Å². The first-order valence-corrected chi connectivity index (χ1v) is 8.15. The Morgan fingerprint density at radius 3 is 2.57 bits per heavy atom. The lowest BCUT2D eigenvalue weighted by Gasteiger charge is -2.11. The lowest BCUT2D eigenvalue weighted by Crippen LogP contribution is -2.12. The first-order valence-electron chi connectivity index (χ1n) is 5.81. The SMILES string of the molecule is NS(=O)(=O)c1ccc(NCc2cc(F)ccc2O)c(Br)c1. The standard InChI is InChI=1S/C13H12BrFN2O3S/c14-11-6-10(21(16,19)20)2-3-12(11)17-7-8-5-9(15)1-4-13(8)18/h1-6,17-18H,7H2,(H2,16,19,20). The first-order chi connectivity index (χ1) is 9.77. The predicted octanol–water partition coefficient (Wildman–Crippen LogP) is 2.55. The average Bonchev–Trinajstić information content (AvgIpc) is 2.40. The fourth-order valence-electron chi connectivity index (χ4n) is 1.70. The van der Waals surface area contributed by atoms with E-state index < -0.39 is 15.8 Å². The van der Waals surface area contributed by atoms with Crippen molar-refractivity contribution in [1.82, 2.24) is 0 Å². The Balaban J connectivity index is 2.19. The molecule has 0 aliphatic rings. The van der Waals surface area contributed by atoms with Crippen LogP contribution in [0.25, 0.3) is 0 Å². The van der Waals surface area contributed by atoms with Crippen molar-refractivity contribution in [2.75, 3.05) is 5.32 Å². The molecule has 0 fully saturated rings. The largest absolute Gasteiger partial charge is 0.508 e. The zero-order valence-electron chi connectivity index (χ0n) is 10.7. The Labute approximate surface area is 129 Å². The summed E-state index contributed by atoms with van der Waals surface area (Å²) in [5.41, 5.74) is 0.975. The minimum absolute atomic E-state index is 0.0199. The molecule has 21 heavy (non-hydrogen) atoms. The summed E-state index contributed by atoms with van der Waals surface area (Å²) in [6.07, 6.45) is 0. The number of hydrogen-bond donors (Lipinski definition) is 3. The average molecular weight is 375 g/mol. The minimum atomic E-state index is -3.77. The monoisotopic (exact) mass is 374 g/mol. The molecule has 0 spiro atoms. The molecule has 0 amide bonds. The Hall–Kier alpha value is -1.64. The van der Waals surface area contributed by atoms with Gasteiger partial charge in [-0.2, -0.15) is 0 Å². The summed E-state index contributed by atoms with van der Waals surface area (Å²) < 4.78 is 36.0. The zero-order valence-corrected chi connectivity index (χ0v) is 13.1. The van der Waals surface area contributed by atoms with E-state index in [0.717, 1.165) is 6.07 Å². The van der Waals surface area contributed by atoms with Gasteiger partial charge in [0.2, 0.25) is 10.0 Å². The van der Waals surface area contributed by atoms with Gasteiger partial charge in [0.25, 0.3) is 0 Å². The number of aromatic hydroxyl groups is 1. The molecule has 0 unspecified atom stereocenters. The molecule has 2 aromatic rings. The summed E-state index contributed by atoms with van der Waals surface area (Å²) in [6.45, 7) is 0.177. The molecular formula is C13H12BrFN2O3S. The number of nitrogens with two attached hydrogens (primary N) is 1. The van der Waals surface area contributed by atoms with Gasteiger partial charge in [0.1, 0.15) is 11.6 Å². The van der Waals surface area contributed by atoms with E-state index in [9.17, 15) is 17.9 Å². The number of nitrogens with one attached hydrogen (secondary N) is 1. The van der Waals surface area contributed by atoms with Crippen molar-refractivity contribution in [3.05, 3.63) is 52.3 Å². The highest BCUT2D eigenvalue weighted by molar-refractivity contribution is 9.10. The molecule has 0 atom stereocenters. The quantitative estimate of drug-likeness (QED) is 0.766. The van der Waals surface area contributed by atoms with E-state index in [0.29, 0.717) is 15.7 Å². The maximum Gasteiger partial charge on any atom is 0.238 e. The molecular weight excluding hydrogens is 363 g/mol. The molecule has 0 saturated carbocycles. The van der Waals surface area contributed by atoms with Gasteiger partial charge >= 0.3 is 0 Å². The van der Waals surface area contributed by atoms with E-state index in [-0.39, 0.29) is 17.2 Å². The van der Waals surface area contributed by atoms with Crippen LogP contribution in [0, 0.1) is 5.82 Å². The molecule has 5 nitrogen and oxygen atoms in total. The minimum Gasteiger partial charge on any atom is -0.508 e. The van der Waals surface area contributed by atoms with Gasteiger partial charge in [-0.25, -0.2) is 17.9 Å². The van der Waals surface area contributed by atoms with Gasteiger partial charge in [0, 0.05) is 22.3 Å². The highest BCUT2D eigenvalue weighted by atomic mass is 79.9. The maximum absolute atomic E-state index is 13.1. The number of hydrogen-bond acceptors (Lipinski definition) is 4. The van der Waals surface area contributed by atoms with Crippen molar-refractivity contribution in [2.45, 2.75) is 11.4 Å². The number of anilines is 1. The fourth-order valence-corrected chi connectivity index (χ4v) is 2.91. The molecule has 4 N–H and O–H groups in total. The first kappa shape index (κ1) is 15.7. The van der Waals surface area contributed by atoms with Crippen LogP contribution in [-0.4, -0.2) is 13.5 Å². The van der Waals surface area contributed by atoms with Crippen LogP contribution in [0.5, 0.6) is 5.75 Å². The van der Waals surface area contributed by atoms with Crippen molar-refractivity contribution < 1.29 is 17.9 Å². The number of primary sulfonamides is 1. The smallest absolute Gasteiger partial charge is 0.238 e. The third kappa shape index (κ3) is 3.93. The van der Waals surface area contributed by atoms with Crippen LogP contribution in [0.2, 0.25) is 0 Å². The lowest BCUT2D eigenvalue weighted by molar-refractivity contribution is 0.466. The highest BCUT2D eigenvalue weighted by Gasteiger charge is 2.10. The molecule has 0 aromatic heterocycles. The van der Waals surface area contributed by atoms with Gasteiger partial charge in [-0.3, -0.25) is 0 Å². The van der Waals surface area contributed by atoms with Crippen LogP contribution in [-0.2, 0) is 16.6 Å². The normalized spacial score (nSPS) is 11.4. The second-order valence-corrected chi connectivity index (χ2v) is 6.73. The molecule has 8 heteroatoms. The highest BCUT2D eigenvalue weighted by Crippen LogP contribution is 2.27. The topological polar surface area (TPSA) is 92.4 Å². The summed E-state index contributed by atoms with van der Waals surface area (Å²) in [5.74, 6) is -0.477. The van der Waals surface area contributed by atoms with Gasteiger partial charge in [0.05, 0.1) is 4.90 Å². The molecule has 0 aliphatic carbocycles. The van der Waals surface area contributed by atoms with E-state index in [1.807, 2.05) is 0 Å². The lowest BCUT2D eigenvalue weighted by atomic mass is 10.2. The van der Waals surface area contributed by atoms with Gasteiger partial charge in [-0.15, -0.1) is 0 Å². The molecule has 0 saturated heterocycles. The number of sulfonamides is 1. The zero-order chi connectivity index (χ0) is 15.6. The van der Waals surface area contributed by atoms with Gasteiger partial charge in [-0.05, 0) is 52.3 Å². The summed E-state index contributed by atoms with van der Waals surface area (Å²) in [6, 6.07) is 7.90. The Kier molecular flexibility index (Phi) is 4.50. The van der Waals surface area contributed by atoms with Crippen LogP contribution in [0.3, 0.4) is 0 Å². The van der Waals surface area contributed by atoms with E-state index in [4.69, 9.17) is 5.14 Å². The number of phenols is 1. The van der Waals surface area contributed by atoms with E-state index >= 15 is 0 Å². The molecule has 0 bridgehead atoms. The summed E-state index contributed by atoms with van der Waals surface area (Å²) in [5, 5.41) is 17.6. The van der Waals surface area contributed by atoms with Crippen molar-refractivity contribution >= 4 is 31.6 Å². The van der Waals surface area contributed by atoms with Crippen LogP contribution in [0.4, 0.5) is 10.1 Å². The molecule has 112 valence electrons. The van der Waals surface area contributed by atoms with Crippen molar-refractivity contribution in [1.29, 1.82) is 0 Å². The van der Waals surface area contributed by atoms with E-state index in [1.165, 1.54) is 30.3 Å². The summed E-state index contributed by atoms with van der Waals surface area (Å²) in [4.78, 5) is -0.0199. The Bertz CT molecular complexity index is 781. The molecule has 0 aliphatic heterocycles. The number of halogens is 2. The molecule has 2 rings (SSSR count). The Morgan fingerprint density at radius 1 is 1.24 bits per heavy atom. The van der Waals surface area contributed by atoms with Crippen LogP contribution in [0.1, 0.15) is 5.56 Å². The summed E-state index contributed by atoms with van der Waals surface area (Å²) in [7, 11) is -3.77. The molecule has 2 aromatic carbocycles. The van der Waals surface area contributed by atoms with E-state index in [2.05, 4.69) is 21.2 Å². The third-order valence-corrected chi connectivity index (χ3v) is 4.35. The second kappa shape index (κ2) is 6.00. The van der Waals surface area contributed by atoms with Crippen LogP contribution < -0.4 is 10.5 Å². The van der Waals surface area contributed by atoms with Crippen LogP contribution >= 0.6 is 15.9 Å². The van der Waals surface area contributed by atoms with Crippen molar-refractivity contribution in [2.24, 2.45) is 5.14 Å². The number of rotatable bonds is 4. The predicted molar refractivity (Wildman–Crippen MR) is 80.9 cm³/mol. The maximum atomic E-state index is 13.1. The second-order valence-electron chi connectivity index (χ2n) is 4.31. The molecule has 0 radical (unpaired) electrons. The van der Waals surface area contributed by atoms with Crippen LogP contribution in [0.15, 0.2) is 45.8 Å². The summed E-state index contributed by atoms with van der Waals surface area (Å²) >= 11 is 3.23. The third-order valence-electron chi connectivity index (χ3n) is 2.78. The van der Waals surface area contributed by atoms with Crippen molar-refractivity contribution in [3.8, 4) is 5.75 Å². The molecule has 0 heterocycles. The Morgan fingerprint density at radius 2 is 1.95 bits per heavy atom. The number of benzene rings is 2. The number of phenolic OH excluding ortho intramolecular Hbond substituents is 1. The fraction of sp³-hybridized carbons (Fsp3) is 0.0769. The van der Waals surface area contributed by atoms with Crippen molar-refractivity contribution in [3.63, 3.8) is 0 Å².